The smallest absolute Gasteiger partial charge is 0.330 e. The molecular weight excluding hydrogens is 457 g/mol. The first-order valence-corrected chi connectivity index (χ1v) is 10.9. The van der Waals surface area contributed by atoms with Crippen LogP contribution in [-0.2, 0) is 4.79 Å². The van der Waals surface area contributed by atoms with Crippen molar-refractivity contribution in [3.63, 3.8) is 0 Å². The zero-order chi connectivity index (χ0) is 23.9. The molecule has 3 heterocycles. The van der Waals surface area contributed by atoms with Gasteiger partial charge in [0.05, 0.1) is 5.52 Å². The predicted molar refractivity (Wildman–Crippen MR) is 117 cm³/mol. The Hall–Kier alpha value is -3.34. The van der Waals surface area contributed by atoms with Crippen molar-refractivity contribution >= 4 is 40.4 Å². The van der Waals surface area contributed by atoms with Crippen LogP contribution >= 0.6 is 11.8 Å². The van der Waals surface area contributed by atoms with E-state index in [2.05, 4.69) is 4.98 Å². The van der Waals surface area contributed by atoms with E-state index in [1.54, 1.807) is 50.5 Å². The minimum Gasteiger partial charge on any atom is -0.330 e. The molecule has 2 atom stereocenters. The van der Waals surface area contributed by atoms with E-state index in [-0.39, 0.29) is 11.3 Å². The number of benzene rings is 1. The fourth-order valence-electron chi connectivity index (χ4n) is 3.81. The van der Waals surface area contributed by atoms with E-state index in [9.17, 15) is 27.6 Å². The molecule has 0 radical (unpaired) electrons. The molecule has 7 nitrogen and oxygen atoms in total. The predicted octanol–water partition coefficient (Wildman–Crippen LogP) is 3.95. The Morgan fingerprint density at radius 2 is 1.85 bits per heavy atom. The second-order valence-corrected chi connectivity index (χ2v) is 8.78. The van der Waals surface area contributed by atoms with Crippen molar-refractivity contribution in [2.24, 2.45) is 0 Å². The van der Waals surface area contributed by atoms with Crippen LogP contribution in [0.15, 0.2) is 55.0 Å². The molecule has 1 fully saturated rings. The van der Waals surface area contributed by atoms with Gasteiger partial charge >= 0.3 is 18.1 Å². The van der Waals surface area contributed by atoms with Crippen LogP contribution in [-0.4, -0.2) is 69.1 Å². The number of aromatic nitrogens is 2. The number of hydrogen-bond acceptors (Lipinski definition) is 5. The van der Waals surface area contributed by atoms with Crippen LogP contribution in [0.4, 0.5) is 18.0 Å². The topological polar surface area (TPSA) is 75.5 Å². The van der Waals surface area contributed by atoms with Crippen molar-refractivity contribution in [3.8, 4) is 0 Å². The Bertz CT molecular complexity index is 1230. The largest absolute Gasteiger partial charge is 0.471 e. The highest BCUT2D eigenvalue weighted by molar-refractivity contribution is 7.99. The van der Waals surface area contributed by atoms with Crippen LogP contribution in [0.1, 0.15) is 21.3 Å². The number of hydrogen-bond donors (Lipinski definition) is 0. The number of thioether (sulfide) groups is 1. The van der Waals surface area contributed by atoms with E-state index < -0.39 is 35.3 Å². The second-order valence-electron chi connectivity index (χ2n) is 7.67. The van der Waals surface area contributed by atoms with Gasteiger partial charge in [0.2, 0.25) is 0 Å². The Morgan fingerprint density at radius 1 is 1.12 bits per heavy atom. The Morgan fingerprint density at radius 3 is 2.48 bits per heavy atom. The molecule has 1 aliphatic heterocycles. The van der Waals surface area contributed by atoms with Crippen LogP contribution in [0.3, 0.4) is 0 Å². The third kappa shape index (κ3) is 4.08. The Kier molecular flexibility index (Phi) is 5.91. The van der Waals surface area contributed by atoms with Gasteiger partial charge in [0.1, 0.15) is 11.4 Å². The SMILES string of the molecule is CN(C)C(=O)n1cc(C(=O)[C@H]2CS[C@@H](c3cccnc3)N2C(=O)C(F)(F)F)c2ccccc21. The molecule has 1 aliphatic rings. The number of fused-ring (bicyclic) bond motifs is 1. The molecule has 0 saturated carbocycles. The molecule has 0 bridgehead atoms. The van der Waals surface area contributed by atoms with Gasteiger partial charge in [-0.05, 0) is 12.1 Å². The summed E-state index contributed by atoms with van der Waals surface area (Å²) in [5.74, 6) is -2.78. The van der Waals surface area contributed by atoms with Crippen molar-refractivity contribution in [3.05, 3.63) is 66.1 Å². The molecule has 0 unspecified atom stereocenters. The van der Waals surface area contributed by atoms with Gasteiger partial charge in [0, 0.05) is 55.0 Å². The maximum Gasteiger partial charge on any atom is 0.471 e. The van der Waals surface area contributed by atoms with Crippen molar-refractivity contribution in [1.82, 2.24) is 19.4 Å². The standard InChI is InChI=1S/C22H19F3N4O3S/c1-27(2)21(32)28-11-15(14-7-3-4-8-16(14)28)18(30)17-12-33-19(13-6-5-9-26-10-13)29(17)20(31)22(23,24)25/h3-11,17,19H,12H2,1-2H3/t17-,19+/m1/s1. The summed E-state index contributed by atoms with van der Waals surface area (Å²) < 4.78 is 41.8. The molecule has 3 aromatic rings. The molecule has 0 N–H and O–H groups in total. The van der Waals surface area contributed by atoms with E-state index in [0.29, 0.717) is 21.4 Å². The number of ketones is 1. The lowest BCUT2D eigenvalue weighted by molar-refractivity contribution is -0.187. The summed E-state index contributed by atoms with van der Waals surface area (Å²) in [5, 5.41) is -0.592. The second kappa shape index (κ2) is 8.54. The fraction of sp³-hybridized carbons (Fsp3) is 0.273. The monoisotopic (exact) mass is 476 g/mol. The summed E-state index contributed by atoms with van der Waals surface area (Å²) in [7, 11) is 3.10. The van der Waals surface area contributed by atoms with Gasteiger partial charge in [-0.2, -0.15) is 13.2 Å². The maximum atomic E-state index is 13.6. The Labute approximate surface area is 191 Å². The van der Waals surface area contributed by atoms with Crippen LogP contribution < -0.4 is 0 Å². The summed E-state index contributed by atoms with van der Waals surface area (Å²) in [6.45, 7) is 0. The normalized spacial score (nSPS) is 18.5. The lowest BCUT2D eigenvalue weighted by Crippen LogP contribution is -2.48. The molecule has 2 aromatic heterocycles. The lowest BCUT2D eigenvalue weighted by atomic mass is 10.0. The van der Waals surface area contributed by atoms with Crippen molar-refractivity contribution in [2.75, 3.05) is 19.8 Å². The van der Waals surface area contributed by atoms with Gasteiger partial charge in [-0.15, -0.1) is 11.8 Å². The molecule has 4 rings (SSSR count). The highest BCUT2D eigenvalue weighted by atomic mass is 32.2. The third-order valence-corrected chi connectivity index (χ3v) is 6.64. The van der Waals surface area contributed by atoms with Crippen molar-refractivity contribution in [1.29, 1.82) is 0 Å². The first kappa shape index (κ1) is 22.8. The van der Waals surface area contributed by atoms with Crippen molar-refractivity contribution in [2.45, 2.75) is 17.6 Å². The number of Topliss-reactive ketones (excluding diaryl/α,β-unsaturated/α-hetero) is 1. The molecule has 33 heavy (non-hydrogen) atoms. The van der Waals surface area contributed by atoms with Crippen LogP contribution in [0, 0.1) is 0 Å². The summed E-state index contributed by atoms with van der Waals surface area (Å²) in [4.78, 5) is 44.4. The van der Waals surface area contributed by atoms with E-state index in [4.69, 9.17) is 0 Å². The van der Waals surface area contributed by atoms with Gasteiger partial charge in [-0.1, -0.05) is 24.3 Å². The number of alkyl halides is 3. The van der Waals surface area contributed by atoms with E-state index in [1.165, 1.54) is 28.1 Å². The molecule has 11 heteroatoms. The third-order valence-electron chi connectivity index (χ3n) is 5.32. The highest BCUT2D eigenvalue weighted by Crippen LogP contribution is 2.44. The average molecular weight is 476 g/mol. The number of carbonyl (C=O) groups excluding carboxylic acids is 3. The number of nitrogens with zero attached hydrogens (tertiary/aromatic N) is 4. The zero-order valence-corrected chi connectivity index (χ0v) is 18.4. The maximum absolute atomic E-state index is 13.6. The first-order chi connectivity index (χ1) is 15.6. The number of halogens is 3. The van der Waals surface area contributed by atoms with Crippen LogP contribution in [0.5, 0.6) is 0 Å². The summed E-state index contributed by atoms with van der Waals surface area (Å²) in [5.41, 5.74) is 0.918. The lowest BCUT2D eigenvalue weighted by Gasteiger charge is -2.29. The molecule has 1 saturated heterocycles. The molecule has 2 amide bonds. The van der Waals surface area contributed by atoms with Gasteiger partial charge in [0.25, 0.3) is 0 Å². The number of amides is 2. The van der Waals surface area contributed by atoms with Crippen LogP contribution in [0.25, 0.3) is 10.9 Å². The highest BCUT2D eigenvalue weighted by Gasteiger charge is 2.52. The first-order valence-electron chi connectivity index (χ1n) is 9.88. The Balaban J connectivity index is 1.79. The summed E-state index contributed by atoms with van der Waals surface area (Å²) >= 11 is 1.06. The molecule has 0 aliphatic carbocycles. The summed E-state index contributed by atoms with van der Waals surface area (Å²) in [6, 6.07) is 7.98. The van der Waals surface area contributed by atoms with E-state index >= 15 is 0 Å². The minimum absolute atomic E-state index is 0.0264. The number of pyridine rings is 1. The van der Waals surface area contributed by atoms with Gasteiger partial charge in [-0.25, -0.2) is 4.79 Å². The molecular formula is C22H19F3N4O3S. The zero-order valence-electron chi connectivity index (χ0n) is 17.6. The number of carbonyl (C=O) groups is 3. The number of rotatable bonds is 3. The number of para-hydroxylation sites is 1. The molecule has 0 spiro atoms. The minimum atomic E-state index is -5.15. The average Bonchev–Trinajstić information content (AvgIpc) is 3.40. The molecule has 1 aromatic carbocycles. The van der Waals surface area contributed by atoms with Gasteiger partial charge < -0.3 is 9.80 Å². The summed E-state index contributed by atoms with van der Waals surface area (Å²) in [6.07, 6.45) is -0.979. The fourth-order valence-corrected chi connectivity index (χ4v) is 5.22. The molecule has 172 valence electrons. The van der Waals surface area contributed by atoms with Crippen molar-refractivity contribution < 1.29 is 27.6 Å². The van der Waals surface area contributed by atoms with Gasteiger partial charge in [-0.3, -0.25) is 19.1 Å². The van der Waals surface area contributed by atoms with E-state index in [0.717, 1.165) is 11.8 Å². The van der Waals surface area contributed by atoms with Gasteiger partial charge in [0.15, 0.2) is 5.78 Å². The quantitative estimate of drug-likeness (QED) is 0.535. The van der Waals surface area contributed by atoms with E-state index in [1.807, 2.05) is 0 Å². The van der Waals surface area contributed by atoms with Crippen LogP contribution in [0.2, 0.25) is 0 Å².